The van der Waals surface area contributed by atoms with Crippen LogP contribution in [0.1, 0.15) is 278 Å². The first kappa shape index (κ1) is 76.6. The fraction of sp³-hybridized carbons (Fsp3) is 0.746. The van der Waals surface area contributed by atoms with Crippen molar-refractivity contribution in [3.63, 3.8) is 0 Å². The van der Waals surface area contributed by atoms with E-state index >= 15 is 0 Å². The number of aliphatic hydroxyl groups excluding tert-OH is 5. The van der Waals surface area contributed by atoms with E-state index in [1.165, 1.54) is 103 Å². The largest absolute Gasteiger partial charge is 0.454 e. The second-order valence-electron chi connectivity index (χ2n) is 22.8. The van der Waals surface area contributed by atoms with E-state index in [0.29, 0.717) is 12.8 Å². The fourth-order valence-corrected chi connectivity index (χ4v) is 9.94. The molecule has 0 radical (unpaired) electrons. The number of hydrogen-bond donors (Lipinski definition) is 6. The predicted molar refractivity (Wildman–Crippen MR) is 342 cm³/mol. The number of aliphatic hydroxyl groups is 5. The first-order valence-electron chi connectivity index (χ1n) is 33.5. The summed E-state index contributed by atoms with van der Waals surface area (Å²) in [6.07, 6.45) is 67.2. The van der Waals surface area contributed by atoms with Crippen molar-refractivity contribution in [1.82, 2.24) is 5.32 Å². The van der Waals surface area contributed by atoms with E-state index in [9.17, 15) is 35.1 Å². The van der Waals surface area contributed by atoms with E-state index in [0.717, 1.165) is 128 Å². The smallest absolute Gasteiger partial charge is 0.306 e. The Labute approximate surface area is 501 Å². The molecule has 0 aliphatic carbocycles. The van der Waals surface area contributed by atoms with Gasteiger partial charge in [0, 0.05) is 6.42 Å². The SMILES string of the molecule is CC/C=C\C/C=C\C/C=C\C/C=C\C/C=C\CCCCCCCCC(O)C(=O)NC(COC1OC(CO)C(O)C(O)C1OC(=O)CCCCCCCCCCC/C=C\C/C=C\CCCCC)C(O)/C=C/CCCCCCCCCCCC. The van der Waals surface area contributed by atoms with E-state index < -0.39 is 67.4 Å². The van der Waals surface area contributed by atoms with Crippen LogP contribution in [0.15, 0.2) is 97.2 Å². The molecule has 6 N–H and O–H groups in total. The lowest BCUT2D eigenvalue weighted by molar-refractivity contribution is -0.305. The number of esters is 1. The van der Waals surface area contributed by atoms with E-state index in [1.807, 2.05) is 6.08 Å². The average Bonchev–Trinajstić information content (AvgIpc) is 3.68. The third-order valence-electron chi connectivity index (χ3n) is 15.2. The van der Waals surface area contributed by atoms with E-state index in [1.54, 1.807) is 6.08 Å². The monoisotopic (exact) mass is 1150 g/mol. The van der Waals surface area contributed by atoms with Gasteiger partial charge < -0.3 is 45.1 Å². The summed E-state index contributed by atoms with van der Waals surface area (Å²) in [5.41, 5.74) is 0. The number of amides is 1. The third kappa shape index (κ3) is 45.0. The second kappa shape index (κ2) is 58.0. The Bertz CT molecular complexity index is 1700. The number of carbonyl (C=O) groups excluding carboxylic acids is 2. The topological polar surface area (TPSA) is 175 Å². The quantitative estimate of drug-likeness (QED) is 0.0195. The van der Waals surface area contributed by atoms with Gasteiger partial charge in [-0.3, -0.25) is 9.59 Å². The van der Waals surface area contributed by atoms with Crippen molar-refractivity contribution >= 4 is 11.9 Å². The maximum atomic E-state index is 13.5. The summed E-state index contributed by atoms with van der Waals surface area (Å²) in [5.74, 6) is -1.21. The van der Waals surface area contributed by atoms with Gasteiger partial charge in [0.05, 0.1) is 25.4 Å². The lowest BCUT2D eigenvalue weighted by Crippen LogP contribution is -2.61. The molecule has 0 saturated carbocycles. The van der Waals surface area contributed by atoms with Crippen LogP contribution in [0.4, 0.5) is 0 Å². The second-order valence-corrected chi connectivity index (χ2v) is 22.8. The van der Waals surface area contributed by atoms with Gasteiger partial charge in [-0.1, -0.05) is 266 Å². The molecule has 1 amide bonds. The minimum absolute atomic E-state index is 0.114. The minimum atomic E-state index is -1.62. The molecule has 82 heavy (non-hydrogen) atoms. The Morgan fingerprint density at radius 1 is 0.488 bits per heavy atom. The van der Waals surface area contributed by atoms with Crippen LogP contribution in [-0.2, 0) is 23.8 Å². The maximum Gasteiger partial charge on any atom is 0.306 e. The third-order valence-corrected chi connectivity index (χ3v) is 15.2. The van der Waals surface area contributed by atoms with Crippen LogP contribution in [-0.4, -0.2) is 99.6 Å². The van der Waals surface area contributed by atoms with E-state index in [2.05, 4.69) is 111 Å². The number of ether oxygens (including phenoxy) is 3. The van der Waals surface area contributed by atoms with Gasteiger partial charge >= 0.3 is 5.97 Å². The van der Waals surface area contributed by atoms with Crippen LogP contribution in [0.3, 0.4) is 0 Å². The van der Waals surface area contributed by atoms with Crippen molar-refractivity contribution in [3.8, 4) is 0 Å². The van der Waals surface area contributed by atoms with Crippen molar-refractivity contribution in [1.29, 1.82) is 0 Å². The molecule has 8 atom stereocenters. The lowest BCUT2D eigenvalue weighted by atomic mass is 9.99. The summed E-state index contributed by atoms with van der Waals surface area (Å²) in [6, 6.07) is -1.04. The zero-order valence-corrected chi connectivity index (χ0v) is 52.3. The van der Waals surface area contributed by atoms with Crippen molar-refractivity contribution in [2.45, 2.75) is 327 Å². The summed E-state index contributed by atoms with van der Waals surface area (Å²) in [4.78, 5) is 26.6. The highest BCUT2D eigenvalue weighted by molar-refractivity contribution is 5.80. The Kier molecular flexibility index (Phi) is 54.2. The van der Waals surface area contributed by atoms with Gasteiger partial charge in [0.15, 0.2) is 12.4 Å². The van der Waals surface area contributed by atoms with Crippen LogP contribution < -0.4 is 5.32 Å². The number of rotatable bonds is 56. The maximum absolute atomic E-state index is 13.5. The van der Waals surface area contributed by atoms with Crippen molar-refractivity contribution in [3.05, 3.63) is 97.2 Å². The molecule has 1 fully saturated rings. The molecule has 11 nitrogen and oxygen atoms in total. The average molecular weight is 1150 g/mol. The summed E-state index contributed by atoms with van der Waals surface area (Å²) in [5, 5.41) is 57.1. The standard InChI is InChI=1S/C71H123NO10/c1-4-7-10-13-16-19-22-25-27-29-31-32-33-35-36-38-40-43-46-49-52-55-58-64(75)70(79)72-62(63(74)57-54-51-48-45-42-24-21-18-15-12-9-6-3)61-80-71-69(68(78)67(77)65(60-73)81-71)82-66(76)59-56-53-50-47-44-41-39-37-34-30-28-26-23-20-17-14-11-8-5-2/h7,10,16-17,19-20,25-28,31-32,35-36,54,57,62-65,67-69,71,73-75,77-78H,4-6,8-9,11-15,18,21-24,29-30,33-34,37-53,55-56,58-61H2,1-3H3,(H,72,79)/b10-7-,19-16-,20-17-,27-25-,28-26-,32-31-,36-35-,57-54+. The van der Waals surface area contributed by atoms with Gasteiger partial charge in [0.2, 0.25) is 5.91 Å². The highest BCUT2D eigenvalue weighted by atomic mass is 16.7. The predicted octanol–water partition coefficient (Wildman–Crippen LogP) is 16.7. The molecule has 11 heteroatoms. The van der Waals surface area contributed by atoms with Gasteiger partial charge in [0.1, 0.15) is 24.4 Å². The molecule has 0 spiro atoms. The molecule has 8 unspecified atom stereocenters. The van der Waals surface area contributed by atoms with Gasteiger partial charge in [-0.25, -0.2) is 0 Å². The Morgan fingerprint density at radius 2 is 0.878 bits per heavy atom. The summed E-state index contributed by atoms with van der Waals surface area (Å²) < 4.78 is 17.7. The van der Waals surface area contributed by atoms with Gasteiger partial charge in [-0.2, -0.15) is 0 Å². The summed E-state index contributed by atoms with van der Waals surface area (Å²) in [6.45, 7) is 5.65. The zero-order chi connectivity index (χ0) is 59.6. The molecule has 0 bridgehead atoms. The first-order valence-corrected chi connectivity index (χ1v) is 33.5. The van der Waals surface area contributed by atoms with Gasteiger partial charge in [-0.15, -0.1) is 0 Å². The molecular formula is C71H123NO10. The lowest BCUT2D eigenvalue weighted by Gasteiger charge is -2.41. The Hall–Kier alpha value is -3.42. The van der Waals surface area contributed by atoms with Crippen molar-refractivity contribution in [2.75, 3.05) is 13.2 Å². The highest BCUT2D eigenvalue weighted by Crippen LogP contribution is 2.26. The van der Waals surface area contributed by atoms with Crippen LogP contribution in [0.5, 0.6) is 0 Å². The Balaban J connectivity index is 2.64. The molecule has 1 aliphatic rings. The molecule has 0 aromatic heterocycles. The molecule has 1 saturated heterocycles. The van der Waals surface area contributed by atoms with Crippen molar-refractivity contribution < 1.29 is 49.3 Å². The first-order chi connectivity index (χ1) is 40.2. The molecule has 0 aromatic rings. The molecular weight excluding hydrogens is 1030 g/mol. The summed E-state index contributed by atoms with van der Waals surface area (Å²) in [7, 11) is 0. The fourth-order valence-electron chi connectivity index (χ4n) is 9.94. The summed E-state index contributed by atoms with van der Waals surface area (Å²) >= 11 is 0. The molecule has 0 aromatic carbocycles. The molecule has 1 aliphatic heterocycles. The molecule has 1 heterocycles. The van der Waals surface area contributed by atoms with Crippen LogP contribution in [0.25, 0.3) is 0 Å². The number of allylic oxidation sites excluding steroid dienone is 15. The van der Waals surface area contributed by atoms with Crippen LogP contribution >= 0.6 is 0 Å². The van der Waals surface area contributed by atoms with Gasteiger partial charge in [-0.05, 0) is 103 Å². The van der Waals surface area contributed by atoms with Crippen LogP contribution in [0.2, 0.25) is 0 Å². The number of unbranched alkanes of at least 4 members (excludes halogenated alkanes) is 28. The zero-order valence-electron chi connectivity index (χ0n) is 52.3. The minimum Gasteiger partial charge on any atom is -0.454 e. The van der Waals surface area contributed by atoms with Gasteiger partial charge in [0.25, 0.3) is 0 Å². The highest BCUT2D eigenvalue weighted by Gasteiger charge is 2.47. The number of hydrogen-bond acceptors (Lipinski definition) is 10. The molecule has 1 rings (SSSR count). The molecule has 472 valence electrons. The Morgan fingerprint density at radius 3 is 1.34 bits per heavy atom. The van der Waals surface area contributed by atoms with Crippen molar-refractivity contribution in [2.24, 2.45) is 0 Å². The van der Waals surface area contributed by atoms with Crippen LogP contribution in [0, 0.1) is 0 Å². The number of carbonyl (C=O) groups is 2. The number of nitrogens with one attached hydrogen (secondary N) is 1. The van der Waals surface area contributed by atoms with E-state index in [4.69, 9.17) is 14.2 Å². The normalized spacial score (nSPS) is 19.2. The van der Waals surface area contributed by atoms with E-state index in [-0.39, 0.29) is 19.4 Å².